The largest absolute Gasteiger partial charge is 0.374 e. The van der Waals surface area contributed by atoms with Gasteiger partial charge in [0.15, 0.2) is 0 Å². The van der Waals surface area contributed by atoms with Gasteiger partial charge in [0.2, 0.25) is 0 Å². The minimum atomic E-state index is -0.873. The molecule has 5 nitrogen and oxygen atoms in total. The number of aromatic amines is 1. The van der Waals surface area contributed by atoms with Gasteiger partial charge in [-0.25, -0.2) is 14.3 Å². The first-order valence-electron chi connectivity index (χ1n) is 8.75. The van der Waals surface area contributed by atoms with Gasteiger partial charge in [-0.1, -0.05) is 24.3 Å². The van der Waals surface area contributed by atoms with Crippen molar-refractivity contribution in [3.05, 3.63) is 59.3 Å². The molecule has 7 heteroatoms. The highest BCUT2D eigenvalue weighted by molar-refractivity contribution is 6.07. The van der Waals surface area contributed by atoms with Gasteiger partial charge in [0.05, 0.1) is 22.7 Å². The Kier molecular flexibility index (Phi) is 4.63. The number of carbonyl (C=O) groups is 1. The lowest BCUT2D eigenvalue weighted by atomic mass is 9.96. The van der Waals surface area contributed by atoms with E-state index in [0.717, 1.165) is 37.5 Å². The monoisotopic (exact) mass is 372 g/mol. The summed E-state index contributed by atoms with van der Waals surface area (Å²) in [5, 5.41) is 8.76. The third kappa shape index (κ3) is 3.09. The van der Waals surface area contributed by atoms with E-state index in [1.54, 1.807) is 12.1 Å². The molecule has 0 aliphatic carbocycles. The molecule has 3 N–H and O–H groups in total. The first-order chi connectivity index (χ1) is 13.1. The van der Waals surface area contributed by atoms with Crippen LogP contribution in [-0.2, 0) is 4.74 Å². The molecule has 1 saturated heterocycles. The van der Waals surface area contributed by atoms with Crippen molar-refractivity contribution in [2.75, 3.05) is 6.61 Å². The maximum atomic E-state index is 15.1. The Morgan fingerprint density at radius 3 is 2.67 bits per heavy atom. The molecule has 1 fully saturated rings. The number of benzene rings is 2. The van der Waals surface area contributed by atoms with Gasteiger partial charge in [-0.3, -0.25) is 10.0 Å². The Bertz CT molecular complexity index is 993. The predicted octanol–water partition coefficient (Wildman–Crippen LogP) is 4.47. The number of rotatable bonds is 3. The molecule has 1 aliphatic rings. The van der Waals surface area contributed by atoms with Crippen LogP contribution >= 0.6 is 0 Å². The van der Waals surface area contributed by atoms with E-state index in [1.165, 1.54) is 11.7 Å². The number of halogens is 2. The second kappa shape index (κ2) is 7.09. The van der Waals surface area contributed by atoms with Crippen molar-refractivity contribution in [3.63, 3.8) is 0 Å². The Morgan fingerprint density at radius 2 is 2.00 bits per heavy atom. The maximum absolute atomic E-state index is 15.1. The van der Waals surface area contributed by atoms with Crippen molar-refractivity contribution in [3.8, 4) is 11.1 Å². The van der Waals surface area contributed by atoms with Gasteiger partial charge in [0, 0.05) is 18.2 Å². The first kappa shape index (κ1) is 17.6. The SMILES string of the molecule is O=C(NO)c1c[nH]c2cc(F)c(-c3ccc(C4CCCCO4)cc3)c(F)c12. The normalized spacial score (nSPS) is 17.2. The van der Waals surface area contributed by atoms with Crippen molar-refractivity contribution in [1.29, 1.82) is 0 Å². The molecule has 1 aromatic heterocycles. The number of hydroxylamine groups is 1. The summed E-state index contributed by atoms with van der Waals surface area (Å²) in [6.45, 7) is 0.718. The van der Waals surface area contributed by atoms with E-state index in [9.17, 15) is 9.18 Å². The Morgan fingerprint density at radius 1 is 1.22 bits per heavy atom. The van der Waals surface area contributed by atoms with Crippen LogP contribution in [0.1, 0.15) is 41.3 Å². The molecule has 0 radical (unpaired) electrons. The van der Waals surface area contributed by atoms with E-state index in [4.69, 9.17) is 9.94 Å². The Labute approximate surface area is 153 Å². The quantitative estimate of drug-likeness (QED) is 0.469. The Hall–Kier alpha value is -2.77. The molecule has 27 heavy (non-hydrogen) atoms. The van der Waals surface area contributed by atoms with Crippen LogP contribution in [-0.4, -0.2) is 22.7 Å². The van der Waals surface area contributed by atoms with Crippen molar-refractivity contribution in [2.24, 2.45) is 0 Å². The highest BCUT2D eigenvalue weighted by Crippen LogP contribution is 2.35. The van der Waals surface area contributed by atoms with Gasteiger partial charge in [-0.2, -0.15) is 0 Å². The van der Waals surface area contributed by atoms with Gasteiger partial charge in [-0.05, 0) is 36.5 Å². The minimum absolute atomic E-state index is 0.00880. The van der Waals surface area contributed by atoms with E-state index >= 15 is 4.39 Å². The number of amides is 1. The standard InChI is InChI=1S/C20H18F2N2O3/c21-14-9-15-18(13(10-23-15)20(25)24-26)19(22)17(14)12-6-4-11(5-7-12)16-3-1-2-8-27-16/h4-7,9-10,16,23,26H,1-3,8H2,(H,24,25). The molecular formula is C20H18F2N2O3. The molecular weight excluding hydrogens is 354 g/mol. The van der Waals surface area contributed by atoms with Crippen LogP contribution in [0.5, 0.6) is 0 Å². The summed E-state index contributed by atoms with van der Waals surface area (Å²) in [6.07, 6.45) is 4.30. The molecule has 4 rings (SSSR count). The molecule has 3 aromatic rings. The molecule has 2 aromatic carbocycles. The number of hydrogen-bond acceptors (Lipinski definition) is 3. The smallest absolute Gasteiger partial charge is 0.276 e. The Balaban J connectivity index is 1.77. The van der Waals surface area contributed by atoms with Crippen molar-refractivity contribution < 1.29 is 23.5 Å². The van der Waals surface area contributed by atoms with Crippen LogP contribution in [0.3, 0.4) is 0 Å². The zero-order chi connectivity index (χ0) is 19.0. The van der Waals surface area contributed by atoms with Crippen molar-refractivity contribution >= 4 is 16.8 Å². The van der Waals surface area contributed by atoms with Gasteiger partial charge >= 0.3 is 0 Å². The van der Waals surface area contributed by atoms with Crippen LogP contribution in [0.15, 0.2) is 36.5 Å². The molecule has 1 aliphatic heterocycles. The van der Waals surface area contributed by atoms with E-state index in [0.29, 0.717) is 5.56 Å². The number of aromatic nitrogens is 1. The maximum Gasteiger partial charge on any atom is 0.276 e. The topological polar surface area (TPSA) is 74.4 Å². The molecule has 2 heterocycles. The van der Waals surface area contributed by atoms with Gasteiger partial charge in [-0.15, -0.1) is 0 Å². The summed E-state index contributed by atoms with van der Waals surface area (Å²) < 4.78 is 35.4. The molecule has 0 bridgehead atoms. The fraction of sp³-hybridized carbons (Fsp3) is 0.250. The third-order valence-corrected chi connectivity index (χ3v) is 4.96. The number of carbonyl (C=O) groups excluding carboxylic acids is 1. The molecule has 140 valence electrons. The van der Waals surface area contributed by atoms with E-state index in [-0.39, 0.29) is 28.1 Å². The number of H-pyrrole nitrogens is 1. The van der Waals surface area contributed by atoms with Gasteiger partial charge < -0.3 is 9.72 Å². The number of fused-ring (bicyclic) bond motifs is 1. The van der Waals surface area contributed by atoms with E-state index < -0.39 is 17.5 Å². The van der Waals surface area contributed by atoms with Crippen LogP contribution in [0, 0.1) is 11.6 Å². The average molecular weight is 372 g/mol. The second-order valence-corrected chi connectivity index (χ2v) is 6.59. The lowest BCUT2D eigenvalue weighted by Crippen LogP contribution is -2.18. The van der Waals surface area contributed by atoms with Gasteiger partial charge in [0.25, 0.3) is 5.91 Å². The lowest BCUT2D eigenvalue weighted by Gasteiger charge is -2.23. The van der Waals surface area contributed by atoms with Crippen LogP contribution in [0.25, 0.3) is 22.0 Å². The predicted molar refractivity (Wildman–Crippen MR) is 95.4 cm³/mol. The number of ether oxygens (including phenoxy) is 1. The third-order valence-electron chi connectivity index (χ3n) is 4.96. The zero-order valence-electron chi connectivity index (χ0n) is 14.4. The fourth-order valence-corrected chi connectivity index (χ4v) is 3.59. The zero-order valence-corrected chi connectivity index (χ0v) is 14.4. The summed E-state index contributed by atoms with van der Waals surface area (Å²) >= 11 is 0. The molecule has 0 saturated carbocycles. The lowest BCUT2D eigenvalue weighted by molar-refractivity contribution is 0.0149. The summed E-state index contributed by atoms with van der Waals surface area (Å²) in [5.74, 6) is -2.46. The van der Waals surface area contributed by atoms with E-state index in [1.807, 2.05) is 12.1 Å². The molecule has 1 atom stereocenters. The summed E-state index contributed by atoms with van der Waals surface area (Å²) in [6, 6.07) is 8.07. The minimum Gasteiger partial charge on any atom is -0.374 e. The van der Waals surface area contributed by atoms with E-state index in [2.05, 4.69) is 4.98 Å². The van der Waals surface area contributed by atoms with Crippen LogP contribution in [0.4, 0.5) is 8.78 Å². The summed E-state index contributed by atoms with van der Waals surface area (Å²) in [4.78, 5) is 14.4. The van der Waals surface area contributed by atoms with Crippen LogP contribution in [0.2, 0.25) is 0 Å². The molecule has 0 spiro atoms. The fourth-order valence-electron chi connectivity index (χ4n) is 3.59. The second-order valence-electron chi connectivity index (χ2n) is 6.59. The summed E-state index contributed by atoms with van der Waals surface area (Å²) in [7, 11) is 0. The molecule has 1 unspecified atom stereocenters. The van der Waals surface area contributed by atoms with Crippen LogP contribution < -0.4 is 5.48 Å². The highest BCUT2D eigenvalue weighted by Gasteiger charge is 2.22. The molecule has 1 amide bonds. The van der Waals surface area contributed by atoms with Crippen molar-refractivity contribution in [2.45, 2.75) is 25.4 Å². The van der Waals surface area contributed by atoms with Crippen molar-refractivity contribution in [1.82, 2.24) is 10.5 Å². The highest BCUT2D eigenvalue weighted by atomic mass is 19.1. The number of nitrogens with one attached hydrogen (secondary N) is 2. The summed E-state index contributed by atoms with van der Waals surface area (Å²) in [5.41, 5.74) is 2.63. The number of hydrogen-bond donors (Lipinski definition) is 3. The first-order valence-corrected chi connectivity index (χ1v) is 8.75. The average Bonchev–Trinajstić information content (AvgIpc) is 3.12. The van der Waals surface area contributed by atoms with Gasteiger partial charge in [0.1, 0.15) is 11.6 Å².